The summed E-state index contributed by atoms with van der Waals surface area (Å²) in [5.74, 6) is 0.784. The summed E-state index contributed by atoms with van der Waals surface area (Å²) in [6, 6.07) is 15.7. The van der Waals surface area contributed by atoms with E-state index in [9.17, 15) is 4.79 Å². The number of nitrogens with one attached hydrogen (secondary N) is 1. The van der Waals surface area contributed by atoms with Crippen molar-refractivity contribution in [1.29, 1.82) is 0 Å². The topological polar surface area (TPSA) is 100 Å². The summed E-state index contributed by atoms with van der Waals surface area (Å²) >= 11 is 0. The van der Waals surface area contributed by atoms with Gasteiger partial charge in [-0.05, 0) is 17.7 Å². The highest BCUT2D eigenvalue weighted by molar-refractivity contribution is 6.05. The first kappa shape index (κ1) is 18.8. The molecule has 8 heteroatoms. The van der Waals surface area contributed by atoms with E-state index in [2.05, 4.69) is 54.3 Å². The van der Waals surface area contributed by atoms with Gasteiger partial charge in [-0.25, -0.2) is 15.0 Å². The minimum atomic E-state index is -0.418. The first-order chi connectivity index (χ1) is 14.2. The maximum atomic E-state index is 12.6. The Kier molecular flexibility index (Phi) is 5.62. The third kappa shape index (κ3) is 4.67. The number of rotatable bonds is 5. The van der Waals surface area contributed by atoms with Gasteiger partial charge in [0.25, 0.3) is 5.91 Å². The first-order valence-corrected chi connectivity index (χ1v) is 9.55. The fourth-order valence-corrected chi connectivity index (χ4v) is 3.30. The number of nitrogens with zero attached hydrogens (tertiary/aromatic N) is 5. The zero-order valence-electron chi connectivity index (χ0n) is 16.0. The van der Waals surface area contributed by atoms with E-state index in [-0.39, 0.29) is 11.5 Å². The van der Waals surface area contributed by atoms with Gasteiger partial charge in [0.1, 0.15) is 11.6 Å². The Balaban J connectivity index is 1.41. The predicted molar refractivity (Wildman–Crippen MR) is 113 cm³/mol. The van der Waals surface area contributed by atoms with Crippen molar-refractivity contribution in [3.63, 3.8) is 0 Å². The molecular weight excluding hydrogens is 366 g/mol. The number of hydrogen-bond acceptors (Lipinski definition) is 7. The molecule has 0 radical (unpaired) electrons. The number of benzene rings is 1. The fourth-order valence-electron chi connectivity index (χ4n) is 3.30. The number of anilines is 3. The minimum Gasteiger partial charge on any atom is -0.382 e. The lowest BCUT2D eigenvalue weighted by Crippen LogP contribution is -2.46. The van der Waals surface area contributed by atoms with Crippen LogP contribution in [0, 0.1) is 0 Å². The van der Waals surface area contributed by atoms with Crippen molar-refractivity contribution in [2.24, 2.45) is 0 Å². The monoisotopic (exact) mass is 389 g/mol. The lowest BCUT2D eigenvalue weighted by molar-refractivity contribution is 0.102. The second kappa shape index (κ2) is 8.66. The molecular formula is C21H23N7O. The zero-order chi connectivity index (χ0) is 20.1. The van der Waals surface area contributed by atoms with Crippen LogP contribution in [0.25, 0.3) is 0 Å². The molecule has 3 aromatic rings. The molecule has 148 valence electrons. The van der Waals surface area contributed by atoms with Crippen molar-refractivity contribution in [1.82, 2.24) is 19.9 Å². The van der Waals surface area contributed by atoms with Crippen molar-refractivity contribution in [3.05, 3.63) is 72.2 Å². The molecule has 0 unspecified atom stereocenters. The smallest absolute Gasteiger partial charge is 0.279 e. The molecule has 8 nitrogen and oxygen atoms in total. The Labute approximate surface area is 169 Å². The fraction of sp³-hybridized carbons (Fsp3) is 0.238. The highest BCUT2D eigenvalue weighted by Gasteiger charge is 2.21. The molecule has 0 spiro atoms. The van der Waals surface area contributed by atoms with Crippen LogP contribution >= 0.6 is 0 Å². The first-order valence-electron chi connectivity index (χ1n) is 9.55. The summed E-state index contributed by atoms with van der Waals surface area (Å²) in [5.41, 5.74) is 7.32. The Bertz CT molecular complexity index is 957. The van der Waals surface area contributed by atoms with Gasteiger partial charge in [-0.1, -0.05) is 36.4 Å². The van der Waals surface area contributed by atoms with E-state index in [1.165, 1.54) is 5.56 Å². The normalized spacial score (nSPS) is 14.6. The molecule has 0 aliphatic carbocycles. The quantitative estimate of drug-likeness (QED) is 0.689. The van der Waals surface area contributed by atoms with Gasteiger partial charge in [0.05, 0.1) is 6.20 Å². The number of nitrogen functional groups attached to an aromatic ring is 1. The average molecular weight is 389 g/mol. The molecule has 0 saturated carbocycles. The molecule has 1 aliphatic rings. The van der Waals surface area contributed by atoms with Crippen molar-refractivity contribution in [3.8, 4) is 0 Å². The number of carbonyl (C=O) groups excluding carboxylic acids is 1. The largest absolute Gasteiger partial charge is 0.382 e. The van der Waals surface area contributed by atoms with E-state index in [4.69, 9.17) is 5.73 Å². The summed E-state index contributed by atoms with van der Waals surface area (Å²) in [4.78, 5) is 29.9. The maximum absolute atomic E-state index is 12.6. The summed E-state index contributed by atoms with van der Waals surface area (Å²) < 4.78 is 0. The Morgan fingerprint density at radius 2 is 1.76 bits per heavy atom. The summed E-state index contributed by atoms with van der Waals surface area (Å²) in [5, 5.41) is 2.70. The van der Waals surface area contributed by atoms with Gasteiger partial charge >= 0.3 is 0 Å². The van der Waals surface area contributed by atoms with Crippen LogP contribution in [-0.4, -0.2) is 51.9 Å². The average Bonchev–Trinajstić information content (AvgIpc) is 2.76. The second-order valence-electron chi connectivity index (χ2n) is 6.88. The number of piperazine rings is 1. The van der Waals surface area contributed by atoms with E-state index < -0.39 is 5.91 Å². The number of hydrogen-bond donors (Lipinski definition) is 2. The highest BCUT2D eigenvalue weighted by atomic mass is 16.2. The third-order valence-electron chi connectivity index (χ3n) is 4.85. The molecule has 0 atom stereocenters. The van der Waals surface area contributed by atoms with Crippen LogP contribution in [0.1, 0.15) is 16.1 Å². The van der Waals surface area contributed by atoms with Gasteiger partial charge in [0.2, 0.25) is 0 Å². The molecule has 1 saturated heterocycles. The number of amides is 1. The number of aromatic nitrogens is 3. The zero-order valence-corrected chi connectivity index (χ0v) is 16.0. The number of carbonyl (C=O) groups is 1. The van der Waals surface area contributed by atoms with Crippen molar-refractivity contribution < 1.29 is 4.79 Å². The Morgan fingerprint density at radius 1 is 1.00 bits per heavy atom. The molecule has 3 heterocycles. The number of pyridine rings is 1. The van der Waals surface area contributed by atoms with Crippen molar-refractivity contribution >= 4 is 23.4 Å². The second-order valence-corrected chi connectivity index (χ2v) is 6.88. The summed E-state index contributed by atoms with van der Waals surface area (Å²) in [6.45, 7) is 4.38. The molecule has 1 aromatic carbocycles. The van der Waals surface area contributed by atoms with Crippen LogP contribution in [0.15, 0.2) is 60.9 Å². The molecule has 1 fully saturated rings. The van der Waals surface area contributed by atoms with Gasteiger partial charge < -0.3 is 16.0 Å². The molecule has 2 aromatic heterocycles. The van der Waals surface area contributed by atoms with Crippen LogP contribution in [-0.2, 0) is 6.54 Å². The van der Waals surface area contributed by atoms with E-state index >= 15 is 0 Å². The lowest BCUT2D eigenvalue weighted by atomic mass is 10.2. The summed E-state index contributed by atoms with van der Waals surface area (Å²) in [6.07, 6.45) is 3.23. The van der Waals surface area contributed by atoms with Crippen molar-refractivity contribution in [2.75, 3.05) is 42.1 Å². The molecule has 4 rings (SSSR count). The minimum absolute atomic E-state index is 0.102. The van der Waals surface area contributed by atoms with Gasteiger partial charge in [0.15, 0.2) is 11.5 Å². The van der Waals surface area contributed by atoms with E-state index in [0.717, 1.165) is 32.7 Å². The van der Waals surface area contributed by atoms with Crippen LogP contribution in [0.4, 0.5) is 17.5 Å². The van der Waals surface area contributed by atoms with Crippen molar-refractivity contribution in [2.45, 2.75) is 6.54 Å². The SMILES string of the molecule is Nc1ncc(N2CCN(Cc3ccccc3)CC2)nc1C(=O)Nc1ccccn1. The molecule has 1 aliphatic heterocycles. The molecule has 1 amide bonds. The third-order valence-corrected chi connectivity index (χ3v) is 4.85. The van der Waals surface area contributed by atoms with Gasteiger partial charge in [-0.3, -0.25) is 9.69 Å². The van der Waals surface area contributed by atoms with E-state index in [1.807, 2.05) is 6.07 Å². The van der Waals surface area contributed by atoms with Gasteiger partial charge in [-0.15, -0.1) is 0 Å². The van der Waals surface area contributed by atoms with Crippen LogP contribution in [0.3, 0.4) is 0 Å². The standard InChI is InChI=1S/C21H23N7O/c22-20-19(21(29)25-17-8-4-5-9-23-17)26-18(14-24-20)28-12-10-27(11-13-28)15-16-6-2-1-3-7-16/h1-9,14H,10-13,15H2,(H2,22,24)(H,23,25,29). The van der Waals surface area contributed by atoms with Gasteiger partial charge in [0, 0.05) is 38.9 Å². The maximum Gasteiger partial charge on any atom is 0.279 e. The molecule has 3 N–H and O–H groups in total. The Morgan fingerprint density at radius 3 is 2.48 bits per heavy atom. The van der Waals surface area contributed by atoms with Crippen LogP contribution in [0.5, 0.6) is 0 Å². The molecule has 29 heavy (non-hydrogen) atoms. The Hall–Kier alpha value is -3.52. The van der Waals surface area contributed by atoms with Gasteiger partial charge in [-0.2, -0.15) is 0 Å². The van der Waals surface area contributed by atoms with E-state index in [1.54, 1.807) is 30.6 Å². The lowest BCUT2D eigenvalue weighted by Gasteiger charge is -2.35. The van der Waals surface area contributed by atoms with Crippen LogP contribution < -0.4 is 16.0 Å². The summed E-state index contributed by atoms with van der Waals surface area (Å²) in [7, 11) is 0. The molecule has 0 bridgehead atoms. The number of nitrogens with two attached hydrogens (primary N) is 1. The highest BCUT2D eigenvalue weighted by Crippen LogP contribution is 2.18. The predicted octanol–water partition coefficient (Wildman–Crippen LogP) is 2.03. The van der Waals surface area contributed by atoms with Crippen LogP contribution in [0.2, 0.25) is 0 Å². The van der Waals surface area contributed by atoms with E-state index in [0.29, 0.717) is 11.6 Å².